The van der Waals surface area contributed by atoms with Gasteiger partial charge in [0, 0.05) is 11.6 Å². The highest BCUT2D eigenvalue weighted by Gasteiger charge is 2.16. The third-order valence-electron chi connectivity index (χ3n) is 3.75. The van der Waals surface area contributed by atoms with Crippen molar-refractivity contribution in [3.8, 4) is 17.2 Å². The van der Waals surface area contributed by atoms with Gasteiger partial charge in [0.15, 0.2) is 0 Å². The molecule has 0 saturated heterocycles. The van der Waals surface area contributed by atoms with Gasteiger partial charge in [-0.1, -0.05) is 12.1 Å². The Morgan fingerprint density at radius 2 is 1.86 bits per heavy atom. The number of nitro benzene ring substituents is 1. The van der Waals surface area contributed by atoms with Crippen LogP contribution in [0, 0.1) is 15.9 Å². The van der Waals surface area contributed by atoms with Gasteiger partial charge in [0.05, 0.1) is 16.7 Å². The summed E-state index contributed by atoms with van der Waals surface area (Å²) >= 11 is 0. The van der Waals surface area contributed by atoms with E-state index in [4.69, 9.17) is 4.74 Å². The molecule has 0 fully saturated rings. The Labute approximate surface area is 164 Å². The van der Waals surface area contributed by atoms with Gasteiger partial charge in [0.1, 0.15) is 17.3 Å². The first-order valence-electron chi connectivity index (χ1n) is 8.27. The van der Waals surface area contributed by atoms with E-state index in [0.29, 0.717) is 5.56 Å². The zero-order chi connectivity index (χ0) is 20.8. The van der Waals surface area contributed by atoms with Crippen LogP contribution < -0.4 is 10.2 Å². The van der Waals surface area contributed by atoms with Crippen LogP contribution in [0.4, 0.5) is 10.1 Å². The van der Waals surface area contributed by atoms with Crippen LogP contribution in [-0.4, -0.2) is 22.2 Å². The lowest BCUT2D eigenvalue weighted by Gasteiger charge is -2.07. The second-order valence-corrected chi connectivity index (χ2v) is 5.76. The second kappa shape index (κ2) is 8.61. The van der Waals surface area contributed by atoms with Gasteiger partial charge in [0.2, 0.25) is 5.75 Å². The van der Waals surface area contributed by atoms with E-state index in [2.05, 4.69) is 10.5 Å². The van der Waals surface area contributed by atoms with Crippen LogP contribution in [-0.2, 0) is 0 Å². The van der Waals surface area contributed by atoms with Crippen molar-refractivity contribution >= 4 is 17.8 Å². The Bertz CT molecular complexity index is 1080. The van der Waals surface area contributed by atoms with Gasteiger partial charge < -0.3 is 9.84 Å². The predicted molar refractivity (Wildman–Crippen MR) is 103 cm³/mol. The quantitative estimate of drug-likeness (QED) is 0.372. The van der Waals surface area contributed by atoms with Crippen molar-refractivity contribution in [2.75, 3.05) is 0 Å². The van der Waals surface area contributed by atoms with Gasteiger partial charge in [-0.15, -0.1) is 0 Å². The fraction of sp³-hybridized carbons (Fsp3) is 0. The fourth-order valence-electron chi connectivity index (χ4n) is 2.36. The lowest BCUT2D eigenvalue weighted by atomic mass is 10.2. The summed E-state index contributed by atoms with van der Waals surface area (Å²) in [4.78, 5) is 22.7. The molecule has 146 valence electrons. The molecule has 0 aliphatic carbocycles. The smallest absolute Gasteiger partial charge is 0.312 e. The number of halogens is 1. The fourth-order valence-corrected chi connectivity index (χ4v) is 2.36. The molecule has 0 aliphatic rings. The van der Waals surface area contributed by atoms with Crippen LogP contribution in [0.5, 0.6) is 17.2 Å². The monoisotopic (exact) mass is 395 g/mol. The van der Waals surface area contributed by atoms with Gasteiger partial charge in [-0.2, -0.15) is 5.10 Å². The van der Waals surface area contributed by atoms with E-state index in [1.807, 2.05) is 0 Å². The number of carbonyl (C=O) groups excluding carboxylic acids is 1. The maximum Gasteiger partial charge on any atom is 0.312 e. The molecule has 0 spiro atoms. The predicted octanol–water partition coefficient (Wildman–Crippen LogP) is 4.00. The van der Waals surface area contributed by atoms with Crippen LogP contribution in [0.15, 0.2) is 71.8 Å². The number of hydrogen-bond donors (Lipinski definition) is 2. The number of rotatable bonds is 6. The van der Waals surface area contributed by atoms with Crippen LogP contribution in [0.3, 0.4) is 0 Å². The average Bonchev–Trinajstić information content (AvgIpc) is 2.70. The number of ether oxygens (including phenoxy) is 1. The summed E-state index contributed by atoms with van der Waals surface area (Å²) in [6.45, 7) is 0. The summed E-state index contributed by atoms with van der Waals surface area (Å²) in [5, 5.41) is 24.7. The molecule has 9 heteroatoms. The molecule has 0 radical (unpaired) electrons. The number of phenols is 1. The molecule has 3 rings (SSSR count). The van der Waals surface area contributed by atoms with Crippen molar-refractivity contribution in [3.63, 3.8) is 0 Å². The largest absolute Gasteiger partial charge is 0.507 e. The lowest BCUT2D eigenvalue weighted by Crippen LogP contribution is -2.17. The van der Waals surface area contributed by atoms with Crippen molar-refractivity contribution in [1.82, 2.24) is 5.43 Å². The minimum absolute atomic E-state index is 0.0306. The van der Waals surface area contributed by atoms with E-state index in [9.17, 15) is 24.4 Å². The highest BCUT2D eigenvalue weighted by atomic mass is 19.1. The third-order valence-corrected chi connectivity index (χ3v) is 3.75. The zero-order valence-electron chi connectivity index (χ0n) is 14.8. The zero-order valence-corrected chi connectivity index (χ0v) is 14.8. The Balaban J connectivity index is 1.75. The first-order chi connectivity index (χ1) is 13.9. The van der Waals surface area contributed by atoms with Gasteiger partial charge >= 0.3 is 5.69 Å². The molecule has 0 saturated carbocycles. The molecule has 1 amide bonds. The molecule has 3 aromatic carbocycles. The van der Waals surface area contributed by atoms with Crippen molar-refractivity contribution < 1.29 is 24.0 Å². The number of nitrogens with zero attached hydrogens (tertiary/aromatic N) is 2. The maximum atomic E-state index is 13.0. The lowest BCUT2D eigenvalue weighted by molar-refractivity contribution is -0.385. The molecule has 2 N–H and O–H groups in total. The van der Waals surface area contributed by atoms with E-state index in [1.165, 1.54) is 60.8 Å². The standard InChI is InChI=1S/C20H14FN3O5/c21-14-6-8-15(9-7-14)29-19-10-5-13(11-17(19)24(27)28)12-22-23-20(26)16-3-1-2-4-18(16)25/h1-12,25H,(H,23,26)/b22-12+. The van der Waals surface area contributed by atoms with E-state index < -0.39 is 16.6 Å². The highest BCUT2D eigenvalue weighted by Crippen LogP contribution is 2.31. The molecular formula is C20H14FN3O5. The van der Waals surface area contributed by atoms with E-state index in [-0.39, 0.29) is 28.5 Å². The number of nitro groups is 1. The molecular weight excluding hydrogens is 381 g/mol. The minimum atomic E-state index is -0.634. The van der Waals surface area contributed by atoms with Gasteiger partial charge in [0.25, 0.3) is 5.91 Å². The summed E-state index contributed by atoms with van der Waals surface area (Å²) in [7, 11) is 0. The number of nitrogens with one attached hydrogen (secondary N) is 1. The van der Waals surface area contributed by atoms with Crippen molar-refractivity contribution in [2.24, 2.45) is 5.10 Å². The molecule has 0 unspecified atom stereocenters. The summed E-state index contributed by atoms with van der Waals surface area (Å²) < 4.78 is 18.4. The number of aromatic hydroxyl groups is 1. The maximum absolute atomic E-state index is 13.0. The SMILES string of the molecule is O=C(N/N=C/c1ccc(Oc2ccc(F)cc2)c([N+](=O)[O-])c1)c1ccccc1O. The number of carbonyl (C=O) groups is 1. The van der Waals surface area contributed by atoms with Gasteiger partial charge in [-0.25, -0.2) is 9.82 Å². The van der Waals surface area contributed by atoms with Crippen LogP contribution in [0.1, 0.15) is 15.9 Å². The second-order valence-electron chi connectivity index (χ2n) is 5.76. The topological polar surface area (TPSA) is 114 Å². The van der Waals surface area contributed by atoms with E-state index >= 15 is 0 Å². The molecule has 0 bridgehead atoms. The minimum Gasteiger partial charge on any atom is -0.507 e. The number of para-hydroxylation sites is 1. The first kappa shape index (κ1) is 19.5. The van der Waals surface area contributed by atoms with Crippen molar-refractivity contribution in [3.05, 3.63) is 93.8 Å². The molecule has 8 nitrogen and oxygen atoms in total. The number of phenolic OH excluding ortho intramolecular Hbond substituents is 1. The Morgan fingerprint density at radius 1 is 1.14 bits per heavy atom. The van der Waals surface area contributed by atoms with Crippen LogP contribution >= 0.6 is 0 Å². The molecule has 0 atom stereocenters. The summed E-state index contributed by atoms with van der Waals surface area (Å²) in [6, 6.07) is 15.1. The molecule has 0 heterocycles. The number of hydrazone groups is 1. The summed E-state index contributed by atoms with van der Waals surface area (Å²) in [6.07, 6.45) is 1.21. The molecule has 0 aromatic heterocycles. The number of benzene rings is 3. The van der Waals surface area contributed by atoms with E-state index in [0.717, 1.165) is 0 Å². The normalized spacial score (nSPS) is 10.7. The average molecular weight is 395 g/mol. The Hall–Kier alpha value is -4.27. The van der Waals surface area contributed by atoms with Crippen LogP contribution in [0.25, 0.3) is 0 Å². The summed E-state index contributed by atoms with van der Waals surface area (Å²) in [5.41, 5.74) is 2.28. The molecule has 29 heavy (non-hydrogen) atoms. The van der Waals surface area contributed by atoms with Gasteiger partial charge in [-0.05, 0) is 48.5 Å². The Morgan fingerprint density at radius 3 is 2.55 bits per heavy atom. The van der Waals surface area contributed by atoms with Crippen molar-refractivity contribution in [1.29, 1.82) is 0 Å². The van der Waals surface area contributed by atoms with E-state index in [1.54, 1.807) is 12.1 Å². The van der Waals surface area contributed by atoms with Crippen LogP contribution in [0.2, 0.25) is 0 Å². The Kier molecular flexibility index (Phi) is 5.79. The van der Waals surface area contributed by atoms with Gasteiger partial charge in [-0.3, -0.25) is 14.9 Å². The summed E-state index contributed by atoms with van der Waals surface area (Å²) in [5.74, 6) is -1.07. The van der Waals surface area contributed by atoms with Crippen molar-refractivity contribution in [2.45, 2.75) is 0 Å². The number of hydrogen-bond acceptors (Lipinski definition) is 6. The molecule has 3 aromatic rings. The third kappa shape index (κ3) is 4.92. The first-order valence-corrected chi connectivity index (χ1v) is 8.27. The highest BCUT2D eigenvalue weighted by molar-refractivity contribution is 5.97. The molecule has 0 aliphatic heterocycles. The number of amides is 1.